The highest BCUT2D eigenvalue weighted by Gasteiger charge is 2.42. The van der Waals surface area contributed by atoms with Crippen molar-refractivity contribution in [3.05, 3.63) is 218 Å². The SMILES string of the molecule is c1ccc(-n2c3ccccc3c3ccc([Si](c4ccccc4)(c4ccccc4)c4cccc(-n5c6ccccc6c6c7c(ccc65)oc5ccccc57)c4)cc32)cc1. The quantitative estimate of drug-likeness (QED) is 0.122. The Kier molecular flexibility index (Phi) is 7.25. The number of furan rings is 1. The number of hydrogen-bond acceptors (Lipinski definition) is 1. The summed E-state index contributed by atoms with van der Waals surface area (Å²) in [6.07, 6.45) is 0. The number of hydrogen-bond donors (Lipinski definition) is 0. The van der Waals surface area contributed by atoms with E-state index in [9.17, 15) is 0 Å². The van der Waals surface area contributed by atoms with Gasteiger partial charge in [0.15, 0.2) is 8.07 Å². The van der Waals surface area contributed by atoms with Crippen LogP contribution >= 0.6 is 0 Å². The summed E-state index contributed by atoms with van der Waals surface area (Å²) in [5.74, 6) is 0. The summed E-state index contributed by atoms with van der Waals surface area (Å²) >= 11 is 0. The van der Waals surface area contributed by atoms with E-state index >= 15 is 0 Å². The molecule has 9 aromatic carbocycles. The van der Waals surface area contributed by atoms with Crippen molar-refractivity contribution < 1.29 is 4.42 Å². The van der Waals surface area contributed by atoms with Crippen molar-refractivity contribution in [1.82, 2.24) is 9.13 Å². The van der Waals surface area contributed by atoms with E-state index in [2.05, 4.69) is 221 Å². The van der Waals surface area contributed by atoms with Crippen LogP contribution < -0.4 is 20.7 Å². The van der Waals surface area contributed by atoms with Gasteiger partial charge in [-0.3, -0.25) is 0 Å². The van der Waals surface area contributed by atoms with E-state index in [4.69, 9.17) is 4.42 Å². The second-order valence-corrected chi connectivity index (χ2v) is 19.0. The van der Waals surface area contributed by atoms with Gasteiger partial charge in [0.05, 0.1) is 22.1 Å². The molecule has 3 nitrogen and oxygen atoms in total. The average molecular weight is 757 g/mol. The first-order valence-corrected chi connectivity index (χ1v) is 21.9. The standard InChI is InChI=1S/C54H36N2OSi/c1-4-17-37(18-5-1)55-47-28-13-10-25-43(47)44-32-31-42(36-50(44)55)58(39-20-6-2-7-21-39,40-22-8-3-9-23-40)41-24-16-19-38(35-41)56-48-29-14-11-26-45(48)53-49(56)33-34-52-54(53)46-27-12-15-30-51(46)57-52/h1-36H. The Hall–Kier alpha value is -7.40. The van der Waals surface area contributed by atoms with Gasteiger partial charge in [0.2, 0.25) is 0 Å². The van der Waals surface area contributed by atoms with Crippen LogP contribution in [-0.2, 0) is 0 Å². The Balaban J connectivity index is 1.18. The Labute approximate surface area is 336 Å². The van der Waals surface area contributed by atoms with E-state index in [1.54, 1.807) is 0 Å². The van der Waals surface area contributed by atoms with Gasteiger partial charge in [-0.2, -0.15) is 0 Å². The molecular weight excluding hydrogens is 721 g/mol. The average Bonchev–Trinajstić information content (AvgIpc) is 3.95. The predicted octanol–water partition coefficient (Wildman–Crippen LogP) is 11.2. The third kappa shape index (κ3) is 4.67. The van der Waals surface area contributed by atoms with E-state index in [0.29, 0.717) is 0 Å². The van der Waals surface area contributed by atoms with E-state index in [-0.39, 0.29) is 0 Å². The molecule has 0 amide bonds. The molecule has 4 heteroatoms. The number of para-hydroxylation sites is 4. The van der Waals surface area contributed by atoms with Gasteiger partial charge < -0.3 is 13.6 Å². The zero-order valence-electron chi connectivity index (χ0n) is 31.6. The van der Waals surface area contributed by atoms with E-state index in [1.165, 1.54) is 64.2 Å². The fourth-order valence-corrected chi connectivity index (χ4v) is 14.6. The van der Waals surface area contributed by atoms with Crippen LogP contribution in [0.4, 0.5) is 0 Å². The fourth-order valence-electron chi connectivity index (χ4n) is 9.87. The molecule has 0 aliphatic heterocycles. The largest absolute Gasteiger partial charge is 0.456 e. The maximum Gasteiger partial charge on any atom is 0.179 e. The zero-order valence-corrected chi connectivity index (χ0v) is 32.6. The number of rotatable bonds is 6. The molecule has 0 atom stereocenters. The molecule has 0 spiro atoms. The van der Waals surface area contributed by atoms with Gasteiger partial charge in [-0.1, -0.05) is 158 Å². The molecule has 3 aromatic heterocycles. The van der Waals surface area contributed by atoms with Crippen LogP contribution in [-0.4, -0.2) is 17.2 Å². The van der Waals surface area contributed by atoms with Crippen LogP contribution in [0.25, 0.3) is 76.9 Å². The Morgan fingerprint density at radius 3 is 1.57 bits per heavy atom. The maximum absolute atomic E-state index is 6.42. The van der Waals surface area contributed by atoms with Crippen LogP contribution in [0.3, 0.4) is 0 Å². The Morgan fingerprint density at radius 1 is 0.293 bits per heavy atom. The second-order valence-electron chi connectivity index (χ2n) is 15.2. The monoisotopic (exact) mass is 756 g/mol. The summed E-state index contributed by atoms with van der Waals surface area (Å²) in [4.78, 5) is 0. The highest BCUT2D eigenvalue weighted by Crippen LogP contribution is 2.41. The van der Waals surface area contributed by atoms with Crippen molar-refractivity contribution in [2.24, 2.45) is 0 Å². The zero-order chi connectivity index (χ0) is 38.2. The molecule has 12 aromatic rings. The van der Waals surface area contributed by atoms with Crippen LogP contribution in [0, 0.1) is 0 Å². The van der Waals surface area contributed by atoms with E-state index in [0.717, 1.165) is 33.4 Å². The fraction of sp³-hybridized carbons (Fsp3) is 0. The van der Waals surface area contributed by atoms with Crippen LogP contribution in [0.5, 0.6) is 0 Å². The third-order valence-electron chi connectivity index (χ3n) is 12.2. The first-order valence-electron chi connectivity index (χ1n) is 19.9. The summed E-state index contributed by atoms with van der Waals surface area (Å²) in [5, 5.41) is 12.6. The summed E-state index contributed by atoms with van der Waals surface area (Å²) in [6.45, 7) is 0. The van der Waals surface area contributed by atoms with Crippen molar-refractivity contribution in [2.75, 3.05) is 0 Å². The summed E-state index contributed by atoms with van der Waals surface area (Å²) in [5.41, 5.74) is 8.88. The summed E-state index contributed by atoms with van der Waals surface area (Å²) < 4.78 is 11.3. The first kappa shape index (κ1) is 32.8. The van der Waals surface area contributed by atoms with Crippen LogP contribution in [0.15, 0.2) is 223 Å². The number of nitrogens with zero attached hydrogens (tertiary/aromatic N) is 2. The van der Waals surface area contributed by atoms with Crippen molar-refractivity contribution in [2.45, 2.75) is 0 Å². The number of fused-ring (bicyclic) bond motifs is 10. The first-order chi connectivity index (χ1) is 28.8. The van der Waals surface area contributed by atoms with Gasteiger partial charge >= 0.3 is 0 Å². The molecule has 12 rings (SSSR count). The van der Waals surface area contributed by atoms with Crippen molar-refractivity contribution in [3.63, 3.8) is 0 Å². The molecule has 0 bridgehead atoms. The Bertz CT molecular complexity index is 3470. The van der Waals surface area contributed by atoms with Gasteiger partial charge in [-0.15, -0.1) is 0 Å². The summed E-state index contributed by atoms with van der Waals surface area (Å²) in [7, 11) is -2.98. The highest BCUT2D eigenvalue weighted by molar-refractivity contribution is 7.20. The minimum atomic E-state index is -2.98. The molecule has 0 saturated heterocycles. The smallest absolute Gasteiger partial charge is 0.179 e. The molecule has 0 aliphatic rings. The minimum absolute atomic E-state index is 0.910. The molecule has 272 valence electrons. The highest BCUT2D eigenvalue weighted by atomic mass is 28.3. The molecule has 0 unspecified atom stereocenters. The lowest BCUT2D eigenvalue weighted by Gasteiger charge is -2.35. The maximum atomic E-state index is 6.42. The summed E-state index contributed by atoms with van der Waals surface area (Å²) in [6, 6.07) is 80.4. The number of aromatic nitrogens is 2. The molecule has 0 fully saturated rings. The molecule has 0 saturated carbocycles. The third-order valence-corrected chi connectivity index (χ3v) is 17.0. The van der Waals surface area contributed by atoms with E-state index in [1.807, 2.05) is 6.07 Å². The van der Waals surface area contributed by atoms with Crippen LogP contribution in [0.1, 0.15) is 0 Å². The van der Waals surface area contributed by atoms with Gasteiger partial charge in [0.25, 0.3) is 0 Å². The topological polar surface area (TPSA) is 23.0 Å². The lowest BCUT2D eigenvalue weighted by molar-refractivity contribution is 0.669. The molecule has 0 aliphatic carbocycles. The van der Waals surface area contributed by atoms with E-state index < -0.39 is 8.07 Å². The van der Waals surface area contributed by atoms with Crippen LogP contribution in [0.2, 0.25) is 0 Å². The second kappa shape index (κ2) is 12.8. The molecule has 0 radical (unpaired) electrons. The minimum Gasteiger partial charge on any atom is -0.456 e. The Morgan fingerprint density at radius 2 is 0.828 bits per heavy atom. The van der Waals surface area contributed by atoms with Gasteiger partial charge in [-0.05, 0) is 81.4 Å². The normalized spacial score (nSPS) is 12.1. The predicted molar refractivity (Wildman–Crippen MR) is 246 cm³/mol. The van der Waals surface area contributed by atoms with Crippen molar-refractivity contribution >= 4 is 94.4 Å². The van der Waals surface area contributed by atoms with Gasteiger partial charge in [0, 0.05) is 43.7 Å². The van der Waals surface area contributed by atoms with Gasteiger partial charge in [-0.25, -0.2) is 0 Å². The van der Waals surface area contributed by atoms with Crippen molar-refractivity contribution in [1.29, 1.82) is 0 Å². The molecule has 3 heterocycles. The van der Waals surface area contributed by atoms with Crippen molar-refractivity contribution in [3.8, 4) is 11.4 Å². The molecular formula is C54H36N2OSi. The molecule has 0 N–H and O–H groups in total. The lowest BCUT2D eigenvalue weighted by Crippen LogP contribution is -2.74. The lowest BCUT2D eigenvalue weighted by atomic mass is 10.1. The molecule has 58 heavy (non-hydrogen) atoms. The number of benzene rings is 9. The van der Waals surface area contributed by atoms with Gasteiger partial charge in [0.1, 0.15) is 11.2 Å².